The highest BCUT2D eigenvalue weighted by Gasteiger charge is 2.20. The lowest BCUT2D eigenvalue weighted by atomic mass is 10.0. The van der Waals surface area contributed by atoms with Crippen molar-refractivity contribution in [3.8, 4) is 0 Å². The summed E-state index contributed by atoms with van der Waals surface area (Å²) in [6.45, 7) is 4.22. The third-order valence-corrected chi connectivity index (χ3v) is 9.82. The zero-order valence-electron chi connectivity index (χ0n) is 31.7. The summed E-state index contributed by atoms with van der Waals surface area (Å²) >= 11 is 0. The van der Waals surface area contributed by atoms with Gasteiger partial charge in [-0.25, -0.2) is 0 Å². The molecule has 4 N–H and O–H groups in total. The van der Waals surface area contributed by atoms with Gasteiger partial charge >= 0.3 is 0 Å². The first-order valence-corrected chi connectivity index (χ1v) is 21.0. The van der Waals surface area contributed by atoms with Crippen LogP contribution in [-0.4, -0.2) is 46.1 Å². The van der Waals surface area contributed by atoms with Gasteiger partial charge in [-0.1, -0.05) is 212 Å². The molecule has 0 saturated heterocycles. The van der Waals surface area contributed by atoms with Gasteiger partial charge in [0.1, 0.15) is 0 Å². The van der Waals surface area contributed by atoms with Crippen molar-refractivity contribution in [2.75, 3.05) is 6.61 Å². The van der Waals surface area contributed by atoms with Gasteiger partial charge in [-0.15, -0.1) is 0 Å². The minimum Gasteiger partial charge on any atom is -0.394 e. The Kier molecular flexibility index (Phi) is 37.2. The number of aliphatic hydroxyl groups excluding tert-OH is 3. The van der Waals surface area contributed by atoms with Gasteiger partial charge in [0.2, 0.25) is 5.91 Å². The van der Waals surface area contributed by atoms with E-state index >= 15 is 0 Å². The average Bonchev–Trinajstić information content (AvgIpc) is 3.06. The van der Waals surface area contributed by atoms with E-state index in [0.29, 0.717) is 6.42 Å². The number of unbranched alkanes of at least 4 members (excludes halogenated alkanes) is 29. The molecule has 0 bridgehead atoms. The summed E-state index contributed by atoms with van der Waals surface area (Å²) in [6.07, 6.45) is 43.4. The van der Waals surface area contributed by atoms with Crippen molar-refractivity contribution in [1.82, 2.24) is 5.32 Å². The van der Waals surface area contributed by atoms with Gasteiger partial charge in [0, 0.05) is 0 Å². The highest BCUT2D eigenvalue weighted by molar-refractivity contribution is 5.76. The monoisotopic (exact) mass is 666 g/mol. The molecule has 0 rings (SSSR count). The number of hydrogen-bond donors (Lipinski definition) is 4. The molecule has 3 atom stereocenters. The highest BCUT2D eigenvalue weighted by Crippen LogP contribution is 2.16. The van der Waals surface area contributed by atoms with Crippen LogP contribution in [0.5, 0.6) is 0 Å². The van der Waals surface area contributed by atoms with E-state index in [9.17, 15) is 20.1 Å². The van der Waals surface area contributed by atoms with Crippen LogP contribution < -0.4 is 5.32 Å². The minimum absolute atomic E-state index is 0.0185. The lowest BCUT2D eigenvalue weighted by Gasteiger charge is -2.21. The molecule has 0 aliphatic rings. The highest BCUT2D eigenvalue weighted by atomic mass is 16.3. The van der Waals surface area contributed by atoms with Gasteiger partial charge in [0.25, 0.3) is 0 Å². The summed E-state index contributed by atoms with van der Waals surface area (Å²) in [5.74, 6) is -0.313. The molecule has 3 unspecified atom stereocenters. The van der Waals surface area contributed by atoms with Crippen molar-refractivity contribution >= 4 is 5.91 Å². The Labute approximate surface area is 293 Å². The predicted octanol–water partition coefficient (Wildman–Crippen LogP) is 11.7. The second-order valence-electron chi connectivity index (χ2n) is 14.6. The van der Waals surface area contributed by atoms with Crippen LogP contribution in [-0.2, 0) is 4.79 Å². The molecule has 0 fully saturated rings. The summed E-state index contributed by atoms with van der Waals surface area (Å²) in [7, 11) is 0. The Balaban J connectivity index is 3.66. The maximum atomic E-state index is 12.4. The molecular formula is C42H83NO4. The molecule has 0 aliphatic heterocycles. The van der Waals surface area contributed by atoms with Crippen LogP contribution in [0, 0.1) is 0 Å². The third kappa shape index (κ3) is 34.7. The topological polar surface area (TPSA) is 89.8 Å². The fraction of sp³-hybridized carbons (Fsp3) is 0.929. The second-order valence-corrected chi connectivity index (χ2v) is 14.6. The van der Waals surface area contributed by atoms with Crippen LogP contribution in [0.4, 0.5) is 0 Å². The summed E-state index contributed by atoms with van der Waals surface area (Å²) in [6, 6.07) is -0.738. The van der Waals surface area contributed by atoms with Crippen molar-refractivity contribution in [1.29, 1.82) is 0 Å². The number of carbonyl (C=O) groups excluding carboxylic acids is 1. The van der Waals surface area contributed by atoms with Crippen molar-refractivity contribution in [3.05, 3.63) is 12.2 Å². The fourth-order valence-corrected chi connectivity index (χ4v) is 6.58. The van der Waals surface area contributed by atoms with E-state index in [1.165, 1.54) is 173 Å². The molecule has 1 amide bonds. The zero-order chi connectivity index (χ0) is 34.5. The van der Waals surface area contributed by atoms with E-state index < -0.39 is 18.2 Å². The van der Waals surface area contributed by atoms with Gasteiger partial charge in [-0.05, 0) is 19.3 Å². The molecule has 280 valence electrons. The number of hydrogen-bond acceptors (Lipinski definition) is 4. The minimum atomic E-state index is -0.923. The Morgan fingerprint density at radius 3 is 1.23 bits per heavy atom. The van der Waals surface area contributed by atoms with E-state index in [4.69, 9.17) is 0 Å². The first-order valence-electron chi connectivity index (χ1n) is 21.0. The predicted molar refractivity (Wildman–Crippen MR) is 204 cm³/mol. The van der Waals surface area contributed by atoms with Gasteiger partial charge in [0.05, 0.1) is 31.3 Å². The molecule has 47 heavy (non-hydrogen) atoms. The number of rotatable bonds is 38. The van der Waals surface area contributed by atoms with Gasteiger partial charge in [-0.3, -0.25) is 4.79 Å². The maximum absolute atomic E-state index is 12.4. The first-order chi connectivity index (χ1) is 23.0. The number of carbonyl (C=O) groups is 1. The lowest BCUT2D eigenvalue weighted by Crippen LogP contribution is -2.45. The number of allylic oxidation sites excluding steroid dienone is 1. The molecule has 5 heteroatoms. The van der Waals surface area contributed by atoms with Crippen molar-refractivity contribution < 1.29 is 20.1 Å². The molecule has 0 spiro atoms. The molecule has 0 aromatic carbocycles. The average molecular weight is 666 g/mol. The van der Waals surface area contributed by atoms with E-state index in [-0.39, 0.29) is 18.9 Å². The second kappa shape index (κ2) is 37.9. The Bertz CT molecular complexity index is 655. The van der Waals surface area contributed by atoms with E-state index in [0.717, 1.165) is 25.7 Å². The Hall–Kier alpha value is -0.910. The summed E-state index contributed by atoms with van der Waals surface area (Å²) < 4.78 is 0. The SMILES string of the molecule is CCCCCCCCCCCCCCCCC/C=C/C(O)C(CO)NC(=O)CC(O)CCCCCCCCCCCCCCCCC. The molecule has 0 aliphatic carbocycles. The first kappa shape index (κ1) is 46.1. The van der Waals surface area contributed by atoms with Crippen LogP contribution in [0.2, 0.25) is 0 Å². The normalized spacial score (nSPS) is 13.7. The summed E-state index contributed by atoms with van der Waals surface area (Å²) in [5.41, 5.74) is 0. The lowest BCUT2D eigenvalue weighted by molar-refractivity contribution is -0.124. The van der Waals surface area contributed by atoms with Crippen LogP contribution in [0.15, 0.2) is 12.2 Å². The van der Waals surface area contributed by atoms with Gasteiger partial charge in [-0.2, -0.15) is 0 Å². The fourth-order valence-electron chi connectivity index (χ4n) is 6.58. The Morgan fingerprint density at radius 1 is 0.532 bits per heavy atom. The van der Waals surface area contributed by atoms with Gasteiger partial charge < -0.3 is 20.6 Å². The third-order valence-electron chi connectivity index (χ3n) is 9.82. The van der Waals surface area contributed by atoms with Crippen molar-refractivity contribution in [3.63, 3.8) is 0 Å². The van der Waals surface area contributed by atoms with Crippen LogP contribution in [0.3, 0.4) is 0 Å². The quantitative estimate of drug-likeness (QED) is 0.0390. The van der Waals surface area contributed by atoms with E-state index in [2.05, 4.69) is 19.2 Å². The molecule has 0 aromatic rings. The van der Waals surface area contributed by atoms with E-state index in [1.54, 1.807) is 6.08 Å². The van der Waals surface area contributed by atoms with Crippen molar-refractivity contribution in [2.24, 2.45) is 0 Å². The molecule has 5 nitrogen and oxygen atoms in total. The van der Waals surface area contributed by atoms with Crippen molar-refractivity contribution in [2.45, 2.75) is 244 Å². The maximum Gasteiger partial charge on any atom is 0.222 e. The zero-order valence-corrected chi connectivity index (χ0v) is 31.7. The number of nitrogens with one attached hydrogen (secondary N) is 1. The van der Waals surface area contributed by atoms with Crippen LogP contribution in [0.25, 0.3) is 0 Å². The largest absolute Gasteiger partial charge is 0.394 e. The molecule has 0 saturated carbocycles. The molecule has 0 heterocycles. The number of amides is 1. The van der Waals surface area contributed by atoms with Crippen LogP contribution in [0.1, 0.15) is 226 Å². The molecule has 0 radical (unpaired) electrons. The van der Waals surface area contributed by atoms with Gasteiger partial charge in [0.15, 0.2) is 0 Å². The molecule has 0 aromatic heterocycles. The Morgan fingerprint density at radius 2 is 0.872 bits per heavy atom. The van der Waals surface area contributed by atoms with E-state index in [1.807, 2.05) is 6.08 Å². The summed E-state index contributed by atoms with van der Waals surface area (Å²) in [4.78, 5) is 12.4. The number of aliphatic hydroxyl groups is 3. The molecular weight excluding hydrogens is 582 g/mol. The van der Waals surface area contributed by atoms with Crippen LogP contribution >= 0.6 is 0 Å². The smallest absolute Gasteiger partial charge is 0.222 e. The standard InChI is InChI=1S/C42H83NO4/c1-3-5-7-9-11-13-15-17-19-20-22-24-26-28-30-32-34-36-41(46)40(38-44)43-42(47)37-39(45)35-33-31-29-27-25-23-21-18-16-14-12-10-8-6-4-2/h34,36,39-41,44-46H,3-33,35,37-38H2,1-2H3,(H,43,47)/b36-34+. The summed E-state index contributed by atoms with van der Waals surface area (Å²) in [5, 5.41) is 33.2.